The molecule has 0 aliphatic carbocycles. The van der Waals surface area contributed by atoms with Gasteiger partial charge in [-0.2, -0.15) is 0 Å². The summed E-state index contributed by atoms with van der Waals surface area (Å²) in [6.07, 6.45) is 3.84. The fraction of sp³-hybridized carbons (Fsp3) is 0.462. The Bertz CT molecular complexity index is 363. The Balaban J connectivity index is 2.52. The molecule has 2 nitrogen and oxygen atoms in total. The Morgan fingerprint density at radius 2 is 2.12 bits per heavy atom. The van der Waals surface area contributed by atoms with E-state index >= 15 is 0 Å². The summed E-state index contributed by atoms with van der Waals surface area (Å²) in [7, 11) is 0. The molecule has 88 valence electrons. The third-order valence-corrected chi connectivity index (χ3v) is 2.97. The molecule has 16 heavy (non-hydrogen) atoms. The second-order valence-corrected chi connectivity index (χ2v) is 4.88. The van der Waals surface area contributed by atoms with Crippen LogP contribution < -0.4 is 5.32 Å². The monoisotopic (exact) mass is 283 g/mol. The number of benzene rings is 1. The zero-order valence-corrected chi connectivity index (χ0v) is 11.4. The van der Waals surface area contributed by atoms with Crippen LogP contribution in [0.2, 0.25) is 0 Å². The summed E-state index contributed by atoms with van der Waals surface area (Å²) >= 11 is 3.40. The van der Waals surface area contributed by atoms with Gasteiger partial charge >= 0.3 is 0 Å². The topological polar surface area (TPSA) is 29.1 Å². The smallest absolute Gasteiger partial charge is 0.224 e. The minimum atomic E-state index is 0.106. The summed E-state index contributed by atoms with van der Waals surface area (Å²) < 4.78 is 0.988. The molecule has 1 rings (SSSR count). The van der Waals surface area contributed by atoms with Gasteiger partial charge in [-0.1, -0.05) is 41.8 Å². The van der Waals surface area contributed by atoms with E-state index in [-0.39, 0.29) is 5.91 Å². The van der Waals surface area contributed by atoms with Gasteiger partial charge in [0.15, 0.2) is 0 Å². The van der Waals surface area contributed by atoms with E-state index in [0.717, 1.165) is 35.0 Å². The van der Waals surface area contributed by atoms with Crippen LogP contribution in [0.3, 0.4) is 0 Å². The first-order valence-corrected chi connectivity index (χ1v) is 6.48. The predicted octanol–water partition coefficient (Wildman–Crippen LogP) is 4.28. The number of hydrogen-bond acceptors (Lipinski definition) is 1. The van der Waals surface area contributed by atoms with E-state index in [0.29, 0.717) is 6.42 Å². The maximum atomic E-state index is 11.6. The molecule has 0 radical (unpaired) electrons. The van der Waals surface area contributed by atoms with E-state index < -0.39 is 0 Å². The van der Waals surface area contributed by atoms with E-state index in [9.17, 15) is 4.79 Å². The quantitative estimate of drug-likeness (QED) is 0.803. The van der Waals surface area contributed by atoms with E-state index in [4.69, 9.17) is 0 Å². The highest BCUT2D eigenvalue weighted by molar-refractivity contribution is 9.10. The van der Waals surface area contributed by atoms with Gasteiger partial charge in [0.05, 0.1) is 0 Å². The summed E-state index contributed by atoms with van der Waals surface area (Å²) in [5.74, 6) is 0.106. The normalized spacial score (nSPS) is 10.2. The zero-order chi connectivity index (χ0) is 12.0. The second-order valence-electron chi connectivity index (χ2n) is 3.96. The van der Waals surface area contributed by atoms with Gasteiger partial charge in [-0.15, -0.1) is 0 Å². The highest BCUT2D eigenvalue weighted by Gasteiger charge is 2.04. The maximum Gasteiger partial charge on any atom is 0.224 e. The minimum Gasteiger partial charge on any atom is -0.326 e. The summed E-state index contributed by atoms with van der Waals surface area (Å²) in [5.41, 5.74) is 1.99. The van der Waals surface area contributed by atoms with Gasteiger partial charge in [0, 0.05) is 16.6 Å². The summed E-state index contributed by atoms with van der Waals surface area (Å²) in [6, 6.07) is 5.90. The van der Waals surface area contributed by atoms with Crippen LogP contribution in [0.4, 0.5) is 5.69 Å². The zero-order valence-electron chi connectivity index (χ0n) is 9.85. The van der Waals surface area contributed by atoms with Crippen LogP contribution in [-0.2, 0) is 4.79 Å². The summed E-state index contributed by atoms with van der Waals surface area (Å²) in [5, 5.41) is 2.94. The van der Waals surface area contributed by atoms with Gasteiger partial charge in [0.2, 0.25) is 5.91 Å². The molecule has 0 heterocycles. The van der Waals surface area contributed by atoms with Crippen molar-refractivity contribution in [2.24, 2.45) is 0 Å². The largest absolute Gasteiger partial charge is 0.326 e. The second kappa shape index (κ2) is 6.69. The van der Waals surface area contributed by atoms with E-state index in [1.54, 1.807) is 0 Å². The Morgan fingerprint density at radius 3 is 2.81 bits per heavy atom. The molecular weight excluding hydrogens is 266 g/mol. The number of unbranched alkanes of at least 4 members (excludes halogenated alkanes) is 2. The standard InChI is InChI=1S/C13H18BrNO/c1-3-4-5-6-13(16)15-12-9-11(14)8-7-10(12)2/h7-9H,3-6H2,1-2H3,(H,15,16). The number of carbonyl (C=O) groups is 1. The lowest BCUT2D eigenvalue weighted by Crippen LogP contribution is -2.11. The Kier molecular flexibility index (Phi) is 5.53. The van der Waals surface area contributed by atoms with Crippen molar-refractivity contribution in [3.05, 3.63) is 28.2 Å². The van der Waals surface area contributed by atoms with E-state index in [1.807, 2.05) is 25.1 Å². The third-order valence-electron chi connectivity index (χ3n) is 2.48. The fourth-order valence-electron chi connectivity index (χ4n) is 1.48. The molecule has 1 amide bonds. The number of carbonyl (C=O) groups excluding carboxylic acids is 1. The number of aryl methyl sites for hydroxylation is 1. The predicted molar refractivity (Wildman–Crippen MR) is 71.7 cm³/mol. The van der Waals surface area contributed by atoms with Crippen LogP contribution in [-0.4, -0.2) is 5.91 Å². The molecule has 1 N–H and O–H groups in total. The molecule has 3 heteroatoms. The third kappa shape index (κ3) is 4.35. The molecule has 0 bridgehead atoms. The van der Waals surface area contributed by atoms with Gasteiger partial charge < -0.3 is 5.32 Å². The number of hydrogen-bond donors (Lipinski definition) is 1. The molecule has 0 fully saturated rings. The molecule has 1 aromatic rings. The average Bonchev–Trinajstić information content (AvgIpc) is 2.24. The molecular formula is C13H18BrNO. The van der Waals surface area contributed by atoms with Gasteiger partial charge in [-0.3, -0.25) is 4.79 Å². The number of amides is 1. The van der Waals surface area contributed by atoms with Crippen LogP contribution in [0, 0.1) is 6.92 Å². The molecule has 0 atom stereocenters. The lowest BCUT2D eigenvalue weighted by Gasteiger charge is -2.08. The van der Waals surface area contributed by atoms with Gasteiger partial charge in [0.25, 0.3) is 0 Å². The highest BCUT2D eigenvalue weighted by Crippen LogP contribution is 2.20. The number of rotatable bonds is 5. The van der Waals surface area contributed by atoms with Crippen molar-refractivity contribution >= 4 is 27.5 Å². The van der Waals surface area contributed by atoms with Crippen molar-refractivity contribution in [2.75, 3.05) is 5.32 Å². The van der Waals surface area contributed by atoms with E-state index in [2.05, 4.69) is 28.2 Å². The highest BCUT2D eigenvalue weighted by atomic mass is 79.9. The van der Waals surface area contributed by atoms with Gasteiger partial charge in [-0.25, -0.2) is 0 Å². The number of nitrogens with one attached hydrogen (secondary N) is 1. The van der Waals surface area contributed by atoms with Crippen LogP contribution in [0.5, 0.6) is 0 Å². The Hall–Kier alpha value is -0.830. The van der Waals surface area contributed by atoms with Crippen molar-refractivity contribution in [1.82, 2.24) is 0 Å². The van der Waals surface area contributed by atoms with Crippen LogP contribution in [0.15, 0.2) is 22.7 Å². The molecule has 0 aliphatic heterocycles. The lowest BCUT2D eigenvalue weighted by molar-refractivity contribution is -0.116. The number of halogens is 1. The summed E-state index contributed by atoms with van der Waals surface area (Å²) in [6.45, 7) is 4.13. The van der Waals surface area contributed by atoms with Crippen molar-refractivity contribution < 1.29 is 4.79 Å². The molecule has 1 aromatic carbocycles. The Morgan fingerprint density at radius 1 is 1.38 bits per heavy atom. The first-order valence-electron chi connectivity index (χ1n) is 5.69. The van der Waals surface area contributed by atoms with Gasteiger partial charge in [0.1, 0.15) is 0 Å². The van der Waals surface area contributed by atoms with E-state index in [1.165, 1.54) is 0 Å². The molecule has 0 unspecified atom stereocenters. The molecule has 0 saturated carbocycles. The first-order chi connectivity index (χ1) is 7.63. The van der Waals surface area contributed by atoms with Crippen molar-refractivity contribution in [1.29, 1.82) is 0 Å². The SMILES string of the molecule is CCCCCC(=O)Nc1cc(Br)ccc1C. The summed E-state index contributed by atoms with van der Waals surface area (Å²) in [4.78, 5) is 11.6. The lowest BCUT2D eigenvalue weighted by atomic mass is 10.1. The van der Waals surface area contributed by atoms with Crippen LogP contribution in [0.25, 0.3) is 0 Å². The van der Waals surface area contributed by atoms with Crippen molar-refractivity contribution in [3.8, 4) is 0 Å². The maximum absolute atomic E-state index is 11.6. The fourth-order valence-corrected chi connectivity index (χ4v) is 1.84. The average molecular weight is 284 g/mol. The minimum absolute atomic E-state index is 0.106. The molecule has 0 saturated heterocycles. The molecule has 0 spiro atoms. The van der Waals surface area contributed by atoms with Crippen LogP contribution >= 0.6 is 15.9 Å². The van der Waals surface area contributed by atoms with Crippen molar-refractivity contribution in [2.45, 2.75) is 39.5 Å². The molecule has 0 aromatic heterocycles. The number of anilines is 1. The van der Waals surface area contributed by atoms with Crippen molar-refractivity contribution in [3.63, 3.8) is 0 Å². The van der Waals surface area contributed by atoms with Crippen LogP contribution in [0.1, 0.15) is 38.2 Å². The van der Waals surface area contributed by atoms with Gasteiger partial charge in [-0.05, 0) is 31.0 Å². The Labute approximate surface area is 106 Å². The molecule has 0 aliphatic rings. The first kappa shape index (κ1) is 13.2.